The van der Waals surface area contributed by atoms with E-state index in [2.05, 4.69) is 22.6 Å². The monoisotopic (exact) mass is 400 g/mol. The summed E-state index contributed by atoms with van der Waals surface area (Å²) in [5.74, 6) is -0.692. The molecule has 1 unspecified atom stereocenters. The van der Waals surface area contributed by atoms with Gasteiger partial charge < -0.3 is 4.74 Å². The molecule has 1 rings (SSSR count). The van der Waals surface area contributed by atoms with Crippen molar-refractivity contribution in [1.82, 2.24) is 0 Å². The van der Waals surface area contributed by atoms with Crippen LogP contribution >= 0.6 is 22.6 Å². The molecule has 0 spiro atoms. The van der Waals surface area contributed by atoms with Crippen molar-refractivity contribution in [2.45, 2.75) is 27.7 Å². The van der Waals surface area contributed by atoms with Gasteiger partial charge in [-0.2, -0.15) is 0 Å². The van der Waals surface area contributed by atoms with E-state index < -0.39 is 16.8 Å². The van der Waals surface area contributed by atoms with E-state index in [1.165, 1.54) is 7.11 Å². The number of ketones is 1. The fourth-order valence-corrected chi connectivity index (χ4v) is 3.34. The molecule has 0 radical (unpaired) electrons. The highest BCUT2D eigenvalue weighted by atomic mass is 127. The molecule has 3 nitrogen and oxygen atoms in total. The molecule has 0 heterocycles. The molecule has 0 saturated carbocycles. The van der Waals surface area contributed by atoms with Crippen LogP contribution in [0.4, 0.5) is 0 Å². The maximum absolute atomic E-state index is 12.9. The average molecular weight is 400 g/mol. The standard InChI is InChI=1S/C17H21IO3/c1-16(2,3)14(19)17(4,15(20)21-5)13(11-18)12-9-7-6-8-10-12/h6-11H,1-5H3/b13-11+. The first-order chi connectivity index (χ1) is 9.69. The van der Waals surface area contributed by atoms with Gasteiger partial charge in [-0.15, -0.1) is 0 Å². The van der Waals surface area contributed by atoms with E-state index in [1.54, 1.807) is 11.0 Å². The molecule has 0 amide bonds. The van der Waals surface area contributed by atoms with Crippen LogP contribution in [0, 0.1) is 10.8 Å². The minimum absolute atomic E-state index is 0.159. The second kappa shape index (κ2) is 6.73. The van der Waals surface area contributed by atoms with Crippen LogP contribution in [0.1, 0.15) is 33.3 Å². The van der Waals surface area contributed by atoms with E-state index in [0.717, 1.165) is 5.56 Å². The molecule has 0 aromatic heterocycles. The van der Waals surface area contributed by atoms with Crippen LogP contribution in [0.25, 0.3) is 5.57 Å². The summed E-state index contributed by atoms with van der Waals surface area (Å²) in [7, 11) is 1.31. The van der Waals surface area contributed by atoms with E-state index in [9.17, 15) is 9.59 Å². The zero-order valence-corrected chi connectivity index (χ0v) is 15.2. The number of benzene rings is 1. The Morgan fingerprint density at radius 1 is 1.10 bits per heavy atom. The van der Waals surface area contributed by atoms with Gasteiger partial charge in [-0.05, 0) is 22.1 Å². The molecule has 0 aliphatic rings. The Morgan fingerprint density at radius 3 is 2.00 bits per heavy atom. The number of hydrogen-bond donors (Lipinski definition) is 0. The largest absolute Gasteiger partial charge is 0.468 e. The van der Waals surface area contributed by atoms with Gasteiger partial charge in [-0.1, -0.05) is 73.7 Å². The normalized spacial score (nSPS) is 15.2. The van der Waals surface area contributed by atoms with Crippen molar-refractivity contribution < 1.29 is 14.3 Å². The molecule has 0 N–H and O–H groups in total. The highest BCUT2D eigenvalue weighted by Crippen LogP contribution is 2.42. The number of rotatable bonds is 4. The summed E-state index contributed by atoms with van der Waals surface area (Å²) in [4.78, 5) is 25.3. The van der Waals surface area contributed by atoms with Crippen molar-refractivity contribution in [2.75, 3.05) is 7.11 Å². The number of halogens is 1. The topological polar surface area (TPSA) is 43.4 Å². The number of Topliss-reactive ketones (excluding diaryl/α,β-unsaturated/α-hetero) is 1. The van der Waals surface area contributed by atoms with Gasteiger partial charge in [-0.3, -0.25) is 9.59 Å². The molecule has 4 heteroatoms. The summed E-state index contributed by atoms with van der Waals surface area (Å²) in [6.45, 7) is 7.08. The maximum Gasteiger partial charge on any atom is 0.323 e. The zero-order valence-electron chi connectivity index (χ0n) is 13.1. The molecular formula is C17H21IO3. The van der Waals surface area contributed by atoms with E-state index in [0.29, 0.717) is 5.57 Å². The lowest BCUT2D eigenvalue weighted by atomic mass is 9.68. The SMILES string of the molecule is COC(=O)C(C)(C(=O)C(C)(C)C)/C(=C/I)c1ccccc1. The van der Waals surface area contributed by atoms with Crippen LogP contribution in [0.5, 0.6) is 0 Å². The van der Waals surface area contributed by atoms with Gasteiger partial charge in [0.1, 0.15) is 5.41 Å². The van der Waals surface area contributed by atoms with E-state index in [-0.39, 0.29) is 5.78 Å². The first-order valence-electron chi connectivity index (χ1n) is 6.69. The summed E-state index contributed by atoms with van der Waals surface area (Å²) in [5.41, 5.74) is -0.467. The van der Waals surface area contributed by atoms with Crippen molar-refractivity contribution >= 4 is 39.9 Å². The lowest BCUT2D eigenvalue weighted by Crippen LogP contribution is -2.44. The minimum atomic E-state index is -1.32. The first kappa shape index (κ1) is 17.9. The van der Waals surface area contributed by atoms with Gasteiger partial charge in [0.2, 0.25) is 0 Å². The van der Waals surface area contributed by atoms with Gasteiger partial charge in [0.15, 0.2) is 5.78 Å². The number of methoxy groups -OCH3 is 1. The third kappa shape index (κ3) is 3.54. The molecular weight excluding hydrogens is 379 g/mol. The Bertz CT molecular complexity index is 555. The Kier molecular flexibility index (Phi) is 5.73. The van der Waals surface area contributed by atoms with Crippen LogP contribution in [0.2, 0.25) is 0 Å². The van der Waals surface area contributed by atoms with Crippen molar-refractivity contribution in [3.8, 4) is 0 Å². The van der Waals surface area contributed by atoms with Crippen LogP contribution in [-0.4, -0.2) is 18.9 Å². The van der Waals surface area contributed by atoms with E-state index >= 15 is 0 Å². The predicted molar refractivity (Wildman–Crippen MR) is 93.0 cm³/mol. The molecule has 21 heavy (non-hydrogen) atoms. The maximum atomic E-state index is 12.9. The molecule has 114 valence electrons. The summed E-state index contributed by atoms with van der Waals surface area (Å²) in [6.07, 6.45) is 0. The lowest BCUT2D eigenvalue weighted by molar-refractivity contribution is -0.155. The van der Waals surface area contributed by atoms with Crippen molar-refractivity contribution in [3.05, 3.63) is 40.0 Å². The molecule has 0 fully saturated rings. The second-order valence-corrected chi connectivity index (χ2v) is 6.71. The second-order valence-electron chi connectivity index (χ2n) is 6.08. The van der Waals surface area contributed by atoms with Crippen LogP contribution in [0.3, 0.4) is 0 Å². The van der Waals surface area contributed by atoms with E-state index in [1.807, 2.05) is 51.1 Å². The summed E-state index contributed by atoms with van der Waals surface area (Å²) < 4.78 is 6.72. The number of hydrogen-bond acceptors (Lipinski definition) is 3. The summed E-state index contributed by atoms with van der Waals surface area (Å²) >= 11 is 2.07. The zero-order chi connectivity index (χ0) is 16.3. The van der Waals surface area contributed by atoms with Gasteiger partial charge in [0, 0.05) is 5.41 Å². The smallest absolute Gasteiger partial charge is 0.323 e. The summed E-state index contributed by atoms with van der Waals surface area (Å²) in [5, 5.41) is 0. The predicted octanol–water partition coefficient (Wildman–Crippen LogP) is 4.26. The molecule has 0 bridgehead atoms. The number of carbonyl (C=O) groups is 2. The van der Waals surface area contributed by atoms with Gasteiger partial charge >= 0.3 is 5.97 Å². The fourth-order valence-electron chi connectivity index (χ4n) is 2.36. The Labute approximate surface area is 139 Å². The summed E-state index contributed by atoms with van der Waals surface area (Å²) in [6, 6.07) is 9.45. The minimum Gasteiger partial charge on any atom is -0.468 e. The highest BCUT2D eigenvalue weighted by molar-refractivity contribution is 14.1. The van der Waals surface area contributed by atoms with Crippen molar-refractivity contribution in [3.63, 3.8) is 0 Å². The first-order valence-corrected chi connectivity index (χ1v) is 7.93. The third-order valence-corrected chi connectivity index (χ3v) is 4.08. The van der Waals surface area contributed by atoms with Crippen LogP contribution < -0.4 is 0 Å². The Morgan fingerprint density at radius 2 is 1.62 bits per heavy atom. The molecule has 1 aromatic carbocycles. The quantitative estimate of drug-likeness (QED) is 0.431. The molecule has 1 aromatic rings. The molecule has 0 aliphatic carbocycles. The lowest BCUT2D eigenvalue weighted by Gasteiger charge is -2.33. The van der Waals surface area contributed by atoms with Crippen LogP contribution in [-0.2, 0) is 14.3 Å². The average Bonchev–Trinajstić information content (AvgIpc) is 2.46. The molecule has 1 atom stereocenters. The van der Waals surface area contributed by atoms with Gasteiger partial charge in [0.25, 0.3) is 0 Å². The third-order valence-electron chi connectivity index (χ3n) is 3.46. The van der Waals surface area contributed by atoms with Gasteiger partial charge in [-0.25, -0.2) is 0 Å². The highest BCUT2D eigenvalue weighted by Gasteiger charge is 2.49. The Hall–Kier alpha value is -1.17. The van der Waals surface area contributed by atoms with Crippen molar-refractivity contribution in [1.29, 1.82) is 0 Å². The van der Waals surface area contributed by atoms with Crippen LogP contribution in [0.15, 0.2) is 34.4 Å². The van der Waals surface area contributed by atoms with Crippen molar-refractivity contribution in [2.24, 2.45) is 10.8 Å². The van der Waals surface area contributed by atoms with E-state index in [4.69, 9.17) is 4.74 Å². The molecule has 0 saturated heterocycles. The molecule has 0 aliphatic heterocycles. The number of esters is 1. The van der Waals surface area contributed by atoms with Gasteiger partial charge in [0.05, 0.1) is 7.11 Å². The number of carbonyl (C=O) groups excluding carboxylic acids is 2. The fraction of sp³-hybridized carbons (Fsp3) is 0.412. The number of ether oxygens (including phenoxy) is 1. The Balaban J connectivity index is 3.51.